The Morgan fingerprint density at radius 3 is 2.60 bits per heavy atom. The lowest BCUT2D eigenvalue weighted by Crippen LogP contribution is -2.39. The first-order chi connectivity index (χ1) is 14.5. The fraction of sp³-hybridized carbons (Fsp3) is 0.333. The summed E-state index contributed by atoms with van der Waals surface area (Å²) < 4.78 is 1.59. The molecule has 1 saturated heterocycles. The van der Waals surface area contributed by atoms with Crippen molar-refractivity contribution in [3.05, 3.63) is 56.7 Å². The summed E-state index contributed by atoms with van der Waals surface area (Å²) >= 11 is 6.98. The van der Waals surface area contributed by atoms with E-state index in [-0.39, 0.29) is 0 Å². The molecular weight excluding hydrogens is 514 g/mol. The molecule has 1 fully saturated rings. The molecule has 1 aliphatic heterocycles. The number of rotatable bonds is 5. The molecule has 0 aliphatic carbocycles. The van der Waals surface area contributed by atoms with Gasteiger partial charge in [0, 0.05) is 28.5 Å². The molecule has 4 rings (SSSR count). The molecule has 0 radical (unpaired) electrons. The number of carbonyl (C=O) groups is 1. The normalized spacial score (nSPS) is 15.8. The Balaban J connectivity index is 1.58. The standard InChI is InChI=1S/C21H23Br2N5O2/c22-14-10-13(11-15(23)19(14)24)12-18(20-25-16-6-2-3-7-17(16)26-20)27-21(29)30-28-8-4-1-5-9-28/h2-3,6-7,10-11,18H,1,4-5,8-9,12,24H2,(H,25,26)(H,27,29)/t18-/m1/s1. The topological polar surface area (TPSA) is 96.3 Å². The largest absolute Gasteiger partial charge is 0.426 e. The second-order valence-electron chi connectivity index (χ2n) is 7.38. The van der Waals surface area contributed by atoms with Crippen molar-refractivity contribution in [2.45, 2.75) is 31.7 Å². The number of carbonyl (C=O) groups excluding carboxylic acids is 1. The minimum absolute atomic E-state index is 0.392. The first kappa shape index (κ1) is 21.1. The highest BCUT2D eigenvalue weighted by Gasteiger charge is 2.23. The fourth-order valence-electron chi connectivity index (χ4n) is 3.59. The molecule has 1 aromatic heterocycles. The number of hydroxylamine groups is 2. The van der Waals surface area contributed by atoms with Crippen molar-refractivity contribution in [2.24, 2.45) is 0 Å². The van der Waals surface area contributed by atoms with E-state index < -0.39 is 12.1 Å². The maximum Gasteiger partial charge on any atom is 0.426 e. The Hall–Kier alpha value is -2.10. The van der Waals surface area contributed by atoms with Crippen LogP contribution < -0.4 is 11.1 Å². The van der Waals surface area contributed by atoms with Crippen molar-refractivity contribution in [1.82, 2.24) is 20.3 Å². The highest BCUT2D eigenvalue weighted by molar-refractivity contribution is 9.11. The van der Waals surface area contributed by atoms with Crippen LogP contribution in [0.15, 0.2) is 45.3 Å². The van der Waals surface area contributed by atoms with Gasteiger partial charge in [0.1, 0.15) is 5.82 Å². The minimum Gasteiger partial charge on any atom is -0.397 e. The molecule has 2 heterocycles. The van der Waals surface area contributed by atoms with Crippen molar-refractivity contribution in [3.8, 4) is 0 Å². The molecule has 158 valence electrons. The zero-order valence-electron chi connectivity index (χ0n) is 16.3. The van der Waals surface area contributed by atoms with Gasteiger partial charge in [-0.1, -0.05) is 18.6 Å². The maximum atomic E-state index is 12.6. The predicted octanol–water partition coefficient (Wildman–Crippen LogP) is 5.08. The van der Waals surface area contributed by atoms with E-state index in [1.54, 1.807) is 5.06 Å². The molecule has 1 atom stereocenters. The number of fused-ring (bicyclic) bond motifs is 1. The summed E-state index contributed by atoms with van der Waals surface area (Å²) in [6.45, 7) is 1.53. The summed E-state index contributed by atoms with van der Waals surface area (Å²) in [6.07, 6.45) is 3.29. The molecule has 0 unspecified atom stereocenters. The van der Waals surface area contributed by atoms with Gasteiger partial charge < -0.3 is 20.9 Å². The van der Waals surface area contributed by atoms with Crippen molar-refractivity contribution in [1.29, 1.82) is 0 Å². The van der Waals surface area contributed by atoms with Gasteiger partial charge in [-0.2, -0.15) is 0 Å². The number of H-pyrrole nitrogens is 1. The molecule has 4 N–H and O–H groups in total. The molecule has 0 spiro atoms. The smallest absolute Gasteiger partial charge is 0.397 e. The minimum atomic E-state index is -0.476. The number of hydrogen-bond donors (Lipinski definition) is 3. The molecule has 2 aromatic carbocycles. The van der Waals surface area contributed by atoms with E-state index in [4.69, 9.17) is 10.6 Å². The van der Waals surface area contributed by atoms with Crippen LogP contribution in [-0.2, 0) is 11.3 Å². The quantitative estimate of drug-likeness (QED) is 0.395. The number of imidazole rings is 1. The molecule has 0 saturated carbocycles. The first-order valence-corrected chi connectivity index (χ1v) is 11.5. The average molecular weight is 537 g/mol. The molecule has 1 amide bonds. The van der Waals surface area contributed by atoms with Crippen LogP contribution in [0.4, 0.5) is 10.5 Å². The molecule has 7 nitrogen and oxygen atoms in total. The van der Waals surface area contributed by atoms with Gasteiger partial charge >= 0.3 is 6.09 Å². The molecule has 9 heteroatoms. The zero-order valence-corrected chi connectivity index (χ0v) is 19.5. The Bertz CT molecular complexity index is 993. The monoisotopic (exact) mass is 535 g/mol. The predicted molar refractivity (Wildman–Crippen MR) is 124 cm³/mol. The third-order valence-corrected chi connectivity index (χ3v) is 6.45. The van der Waals surface area contributed by atoms with Crippen LogP contribution in [0.3, 0.4) is 0 Å². The summed E-state index contributed by atoms with van der Waals surface area (Å²) in [5.41, 5.74) is 9.42. The number of aromatic amines is 1. The Morgan fingerprint density at radius 1 is 1.20 bits per heavy atom. The van der Waals surface area contributed by atoms with Crippen LogP contribution in [0.5, 0.6) is 0 Å². The van der Waals surface area contributed by atoms with Gasteiger partial charge in [0.25, 0.3) is 0 Å². The highest BCUT2D eigenvalue weighted by atomic mass is 79.9. The number of benzene rings is 2. The summed E-state index contributed by atoms with van der Waals surface area (Å²) in [5.74, 6) is 0.677. The number of nitrogens with zero attached hydrogens (tertiary/aromatic N) is 2. The molecule has 1 aliphatic rings. The zero-order chi connectivity index (χ0) is 21.1. The van der Waals surface area contributed by atoms with Crippen molar-refractivity contribution >= 4 is 54.7 Å². The van der Waals surface area contributed by atoms with E-state index in [1.807, 2.05) is 36.4 Å². The third-order valence-electron chi connectivity index (χ3n) is 5.14. The number of hydrogen-bond acceptors (Lipinski definition) is 5. The molecule has 3 aromatic rings. The van der Waals surface area contributed by atoms with E-state index in [9.17, 15) is 4.79 Å². The summed E-state index contributed by atoms with van der Waals surface area (Å²) in [6, 6.07) is 11.3. The van der Waals surface area contributed by atoms with Crippen LogP contribution in [0, 0.1) is 0 Å². The third kappa shape index (κ3) is 4.96. The Morgan fingerprint density at radius 2 is 1.90 bits per heavy atom. The van der Waals surface area contributed by atoms with Gasteiger partial charge in [0.15, 0.2) is 0 Å². The second kappa shape index (κ2) is 9.36. The van der Waals surface area contributed by atoms with Gasteiger partial charge in [0.05, 0.1) is 22.8 Å². The van der Waals surface area contributed by atoms with E-state index >= 15 is 0 Å². The summed E-state index contributed by atoms with van der Waals surface area (Å²) in [7, 11) is 0. The summed E-state index contributed by atoms with van der Waals surface area (Å²) in [5, 5.41) is 4.71. The van der Waals surface area contributed by atoms with E-state index in [1.165, 1.54) is 6.42 Å². The number of anilines is 1. The fourth-order valence-corrected chi connectivity index (χ4v) is 4.87. The molecule has 0 bridgehead atoms. The lowest BCUT2D eigenvalue weighted by molar-refractivity contribution is -0.111. The maximum absolute atomic E-state index is 12.6. The second-order valence-corrected chi connectivity index (χ2v) is 9.09. The lowest BCUT2D eigenvalue weighted by atomic mass is 10.1. The Labute approximate surface area is 191 Å². The average Bonchev–Trinajstić information content (AvgIpc) is 3.16. The van der Waals surface area contributed by atoms with E-state index in [0.29, 0.717) is 17.9 Å². The van der Waals surface area contributed by atoms with Crippen LogP contribution in [0.1, 0.15) is 36.7 Å². The van der Waals surface area contributed by atoms with Gasteiger partial charge in [-0.3, -0.25) is 0 Å². The van der Waals surface area contributed by atoms with Crippen molar-refractivity contribution in [2.75, 3.05) is 18.8 Å². The van der Waals surface area contributed by atoms with Crippen molar-refractivity contribution < 1.29 is 9.63 Å². The highest BCUT2D eigenvalue weighted by Crippen LogP contribution is 2.31. The Kier molecular flexibility index (Phi) is 6.60. The number of halogens is 2. The van der Waals surface area contributed by atoms with E-state index in [2.05, 4.69) is 47.1 Å². The van der Waals surface area contributed by atoms with Crippen molar-refractivity contribution in [3.63, 3.8) is 0 Å². The number of nitrogens with two attached hydrogens (primary N) is 1. The number of piperidine rings is 1. The number of para-hydroxylation sites is 2. The van der Waals surface area contributed by atoms with Gasteiger partial charge in [-0.25, -0.2) is 9.78 Å². The molecule has 30 heavy (non-hydrogen) atoms. The van der Waals surface area contributed by atoms with Gasteiger partial charge in [-0.15, -0.1) is 5.06 Å². The van der Waals surface area contributed by atoms with Crippen LogP contribution >= 0.6 is 31.9 Å². The van der Waals surface area contributed by atoms with Crippen LogP contribution in [-0.4, -0.2) is 34.2 Å². The number of nitrogen functional groups attached to an aromatic ring is 1. The van der Waals surface area contributed by atoms with Crippen LogP contribution in [0.25, 0.3) is 11.0 Å². The van der Waals surface area contributed by atoms with Gasteiger partial charge in [-0.05, 0) is 74.5 Å². The number of nitrogens with one attached hydrogen (secondary N) is 2. The first-order valence-electron chi connectivity index (χ1n) is 9.91. The SMILES string of the molecule is Nc1c(Br)cc(C[C@@H](NC(=O)ON2CCCCC2)c2nc3ccccc3[nH]2)cc1Br. The molecular formula is C21H23Br2N5O2. The lowest BCUT2D eigenvalue weighted by Gasteiger charge is -2.26. The van der Waals surface area contributed by atoms with Crippen LogP contribution in [0.2, 0.25) is 0 Å². The number of aromatic nitrogens is 2. The van der Waals surface area contributed by atoms with E-state index in [0.717, 1.165) is 51.5 Å². The van der Waals surface area contributed by atoms with Gasteiger partial charge in [0.2, 0.25) is 0 Å². The summed E-state index contributed by atoms with van der Waals surface area (Å²) in [4.78, 5) is 26.2. The number of amides is 1.